The number of oxime groups is 1. The van der Waals surface area contributed by atoms with Crippen molar-refractivity contribution >= 4 is 44.0 Å². The molecule has 54 valence electrons. The minimum Gasteiger partial charge on any atom is -0.410 e. The van der Waals surface area contributed by atoms with Gasteiger partial charge in [0.25, 0.3) is 0 Å². The predicted octanol–water partition coefficient (Wildman–Crippen LogP) is 2.89. The van der Waals surface area contributed by atoms with Crippen LogP contribution in [-0.4, -0.2) is 10.4 Å². The SMILES string of the molecule is ON=C(Cl)c1sccc1Br. The average Bonchev–Trinajstić information content (AvgIpc) is 2.34. The van der Waals surface area contributed by atoms with Gasteiger partial charge < -0.3 is 5.21 Å². The van der Waals surface area contributed by atoms with Crippen molar-refractivity contribution in [2.75, 3.05) is 0 Å². The first kappa shape index (κ1) is 8.04. The molecule has 5 heteroatoms. The topological polar surface area (TPSA) is 32.6 Å². The molecule has 0 amide bonds. The molecular weight excluding hydrogens is 237 g/mol. The van der Waals surface area contributed by atoms with E-state index in [0.29, 0.717) is 0 Å². The van der Waals surface area contributed by atoms with Gasteiger partial charge in [-0.05, 0) is 27.4 Å². The summed E-state index contributed by atoms with van der Waals surface area (Å²) in [6, 6.07) is 1.84. The molecule has 1 aromatic heterocycles. The standard InChI is InChI=1S/C5H3BrClNOS/c6-3-1-2-10-4(3)5(7)8-9/h1-2,9H. The summed E-state index contributed by atoms with van der Waals surface area (Å²) in [5.74, 6) is 0. The Kier molecular flexibility index (Phi) is 2.71. The average molecular weight is 241 g/mol. The Morgan fingerprint density at radius 3 is 2.90 bits per heavy atom. The minimum atomic E-state index is 0.113. The monoisotopic (exact) mass is 239 g/mol. The van der Waals surface area contributed by atoms with Gasteiger partial charge in [-0.15, -0.1) is 11.3 Å². The molecule has 0 radical (unpaired) electrons. The van der Waals surface area contributed by atoms with Crippen LogP contribution in [0.2, 0.25) is 0 Å². The van der Waals surface area contributed by atoms with E-state index in [1.54, 1.807) is 0 Å². The van der Waals surface area contributed by atoms with E-state index in [1.807, 2.05) is 11.4 Å². The molecule has 1 heterocycles. The summed E-state index contributed by atoms with van der Waals surface area (Å²) in [6.07, 6.45) is 0. The van der Waals surface area contributed by atoms with Gasteiger partial charge >= 0.3 is 0 Å². The molecule has 1 N–H and O–H groups in total. The van der Waals surface area contributed by atoms with Crippen LogP contribution < -0.4 is 0 Å². The fraction of sp³-hybridized carbons (Fsp3) is 0. The maximum atomic E-state index is 8.27. The van der Waals surface area contributed by atoms with Gasteiger partial charge in [0, 0.05) is 4.47 Å². The van der Waals surface area contributed by atoms with Crippen LogP contribution in [0.25, 0.3) is 0 Å². The largest absolute Gasteiger partial charge is 0.410 e. The molecular formula is C5H3BrClNOS. The second-order valence-electron chi connectivity index (χ2n) is 1.49. The summed E-state index contributed by atoms with van der Waals surface area (Å²) < 4.78 is 0.848. The molecule has 1 aromatic rings. The Labute approximate surface area is 75.3 Å². The summed E-state index contributed by atoms with van der Waals surface area (Å²) >= 11 is 10.2. The van der Waals surface area contributed by atoms with Crippen molar-refractivity contribution in [2.24, 2.45) is 5.16 Å². The first-order chi connectivity index (χ1) is 4.75. The number of hydrogen-bond acceptors (Lipinski definition) is 3. The fourth-order valence-electron chi connectivity index (χ4n) is 0.486. The van der Waals surface area contributed by atoms with Gasteiger partial charge in [0.1, 0.15) is 0 Å². The molecule has 0 atom stereocenters. The third-order valence-corrected chi connectivity index (χ3v) is 3.11. The van der Waals surface area contributed by atoms with E-state index in [9.17, 15) is 0 Å². The quantitative estimate of drug-likeness (QED) is 0.457. The molecule has 0 spiro atoms. The number of hydrogen-bond donors (Lipinski definition) is 1. The van der Waals surface area contributed by atoms with Gasteiger partial charge in [-0.25, -0.2) is 0 Å². The van der Waals surface area contributed by atoms with Crippen molar-refractivity contribution in [3.63, 3.8) is 0 Å². The lowest BCUT2D eigenvalue weighted by Gasteiger charge is -1.88. The highest BCUT2D eigenvalue weighted by Gasteiger charge is 2.05. The van der Waals surface area contributed by atoms with Crippen LogP contribution in [0.4, 0.5) is 0 Å². The van der Waals surface area contributed by atoms with Crippen molar-refractivity contribution in [2.45, 2.75) is 0 Å². The minimum absolute atomic E-state index is 0.113. The second kappa shape index (κ2) is 3.37. The van der Waals surface area contributed by atoms with E-state index in [4.69, 9.17) is 16.8 Å². The molecule has 10 heavy (non-hydrogen) atoms. The molecule has 0 saturated carbocycles. The smallest absolute Gasteiger partial charge is 0.186 e. The van der Waals surface area contributed by atoms with Crippen molar-refractivity contribution in [3.8, 4) is 0 Å². The molecule has 0 aliphatic carbocycles. The van der Waals surface area contributed by atoms with Crippen LogP contribution in [0.15, 0.2) is 21.1 Å². The number of nitrogens with zero attached hydrogens (tertiary/aromatic N) is 1. The van der Waals surface area contributed by atoms with Crippen LogP contribution in [0, 0.1) is 0 Å². The summed E-state index contributed by atoms with van der Waals surface area (Å²) in [5, 5.41) is 13.1. The van der Waals surface area contributed by atoms with Gasteiger partial charge in [-0.1, -0.05) is 16.8 Å². The van der Waals surface area contributed by atoms with Gasteiger partial charge in [0.05, 0.1) is 4.88 Å². The second-order valence-corrected chi connectivity index (χ2v) is 3.62. The molecule has 0 unspecified atom stereocenters. The zero-order valence-electron chi connectivity index (χ0n) is 4.71. The Hall–Kier alpha value is -0.0600. The van der Waals surface area contributed by atoms with Crippen molar-refractivity contribution in [1.82, 2.24) is 0 Å². The number of rotatable bonds is 1. The van der Waals surface area contributed by atoms with E-state index in [2.05, 4.69) is 21.1 Å². The molecule has 0 fully saturated rings. The van der Waals surface area contributed by atoms with Gasteiger partial charge in [-0.2, -0.15) is 0 Å². The van der Waals surface area contributed by atoms with E-state index in [0.717, 1.165) is 9.35 Å². The first-order valence-corrected chi connectivity index (χ1v) is 4.41. The molecule has 0 aromatic carbocycles. The maximum Gasteiger partial charge on any atom is 0.186 e. The van der Waals surface area contributed by atoms with E-state index in [-0.39, 0.29) is 5.17 Å². The summed E-state index contributed by atoms with van der Waals surface area (Å²) in [4.78, 5) is 0.740. The lowest BCUT2D eigenvalue weighted by molar-refractivity contribution is 0.321. The van der Waals surface area contributed by atoms with E-state index >= 15 is 0 Å². The highest BCUT2D eigenvalue weighted by atomic mass is 79.9. The molecule has 0 bridgehead atoms. The van der Waals surface area contributed by atoms with Crippen molar-refractivity contribution < 1.29 is 5.21 Å². The maximum absolute atomic E-state index is 8.27. The third kappa shape index (κ3) is 1.51. The molecule has 2 nitrogen and oxygen atoms in total. The number of thiophene rings is 1. The highest BCUT2D eigenvalue weighted by molar-refractivity contribution is 9.10. The van der Waals surface area contributed by atoms with Crippen LogP contribution in [-0.2, 0) is 0 Å². The Bertz CT molecular complexity index is 260. The summed E-state index contributed by atoms with van der Waals surface area (Å²) in [7, 11) is 0. The molecule has 0 saturated heterocycles. The summed E-state index contributed by atoms with van der Waals surface area (Å²) in [5.41, 5.74) is 0. The lowest BCUT2D eigenvalue weighted by Crippen LogP contribution is -1.85. The zero-order valence-corrected chi connectivity index (χ0v) is 7.87. The zero-order chi connectivity index (χ0) is 7.56. The van der Waals surface area contributed by atoms with Crippen LogP contribution in [0.3, 0.4) is 0 Å². The first-order valence-electron chi connectivity index (χ1n) is 2.36. The number of halogens is 2. The molecule has 0 aliphatic heterocycles. The Balaban J connectivity index is 3.05. The van der Waals surface area contributed by atoms with Crippen LogP contribution in [0.5, 0.6) is 0 Å². The molecule has 1 rings (SSSR count). The van der Waals surface area contributed by atoms with E-state index < -0.39 is 0 Å². The van der Waals surface area contributed by atoms with Crippen LogP contribution in [0.1, 0.15) is 4.88 Å². The lowest BCUT2D eigenvalue weighted by atomic mass is 10.5. The third-order valence-electron chi connectivity index (χ3n) is 0.892. The van der Waals surface area contributed by atoms with Crippen LogP contribution >= 0.6 is 38.9 Å². The summed E-state index contributed by atoms with van der Waals surface area (Å²) in [6.45, 7) is 0. The van der Waals surface area contributed by atoms with Crippen molar-refractivity contribution in [1.29, 1.82) is 0 Å². The van der Waals surface area contributed by atoms with Gasteiger partial charge in [0.2, 0.25) is 0 Å². The van der Waals surface area contributed by atoms with Crippen molar-refractivity contribution in [3.05, 3.63) is 20.8 Å². The Morgan fingerprint density at radius 2 is 2.50 bits per heavy atom. The normalized spacial score (nSPS) is 12.0. The predicted molar refractivity (Wildman–Crippen MR) is 46.2 cm³/mol. The Morgan fingerprint density at radius 1 is 1.80 bits per heavy atom. The fourth-order valence-corrected chi connectivity index (χ4v) is 2.27. The highest BCUT2D eigenvalue weighted by Crippen LogP contribution is 2.24. The van der Waals surface area contributed by atoms with Gasteiger partial charge in [0.15, 0.2) is 5.17 Å². The van der Waals surface area contributed by atoms with E-state index in [1.165, 1.54) is 11.3 Å². The van der Waals surface area contributed by atoms with Gasteiger partial charge in [-0.3, -0.25) is 0 Å². The molecule has 0 aliphatic rings.